The Balaban J connectivity index is 1.22. The molecule has 0 bridgehead atoms. The van der Waals surface area contributed by atoms with Crippen LogP contribution in [0.4, 0.5) is 0 Å². The summed E-state index contributed by atoms with van der Waals surface area (Å²) in [5.41, 5.74) is 3.41. The largest absolute Gasteiger partial charge is 0.339 e. The Hall–Kier alpha value is -3.88. The summed E-state index contributed by atoms with van der Waals surface area (Å²) in [7, 11) is 0. The molecule has 9 heteroatoms. The fourth-order valence-electron chi connectivity index (χ4n) is 3.99. The summed E-state index contributed by atoms with van der Waals surface area (Å²) in [5, 5.41) is 10.6. The third-order valence-corrected chi connectivity index (χ3v) is 5.76. The molecule has 1 aliphatic heterocycles. The normalized spacial score (nSPS) is 14.8. The molecule has 31 heavy (non-hydrogen) atoms. The van der Waals surface area contributed by atoms with Crippen molar-refractivity contribution in [1.82, 2.24) is 34.8 Å². The molecule has 0 atom stereocenters. The molecule has 156 valence electrons. The van der Waals surface area contributed by atoms with E-state index in [0.29, 0.717) is 42.3 Å². The van der Waals surface area contributed by atoms with Crippen molar-refractivity contribution in [1.29, 1.82) is 0 Å². The molecule has 0 radical (unpaired) electrons. The van der Waals surface area contributed by atoms with Crippen molar-refractivity contribution in [3.63, 3.8) is 0 Å². The van der Waals surface area contributed by atoms with E-state index in [4.69, 9.17) is 0 Å². The summed E-state index contributed by atoms with van der Waals surface area (Å²) in [6, 6.07) is 10.6. The van der Waals surface area contributed by atoms with Gasteiger partial charge < -0.3 is 4.90 Å². The molecule has 1 saturated heterocycles. The van der Waals surface area contributed by atoms with Crippen molar-refractivity contribution < 1.29 is 4.79 Å². The van der Waals surface area contributed by atoms with Crippen molar-refractivity contribution in [3.05, 3.63) is 71.0 Å². The first-order valence-corrected chi connectivity index (χ1v) is 10.2. The highest BCUT2D eigenvalue weighted by atomic mass is 16.2. The fourth-order valence-corrected chi connectivity index (χ4v) is 3.99. The molecule has 1 amide bonds. The minimum Gasteiger partial charge on any atom is -0.339 e. The molecule has 1 aromatic carbocycles. The van der Waals surface area contributed by atoms with Crippen LogP contribution in [0, 0.1) is 5.92 Å². The number of piperidine rings is 1. The molecule has 5 rings (SSSR count). The molecule has 4 aromatic rings. The molecular formula is C22H21N7O2. The van der Waals surface area contributed by atoms with E-state index in [1.54, 1.807) is 47.6 Å². The van der Waals surface area contributed by atoms with Crippen LogP contribution in [-0.4, -0.2) is 53.8 Å². The number of hydrogen-bond donors (Lipinski definition) is 1. The Labute approximate surface area is 177 Å². The number of hydrogen-bond acceptors (Lipinski definition) is 6. The molecule has 0 saturated carbocycles. The SMILES string of the molecule is O=C(c1ccc2n[nH]nc2c1)N1CCC(Cn2cnc(-c3cccnc3)cc2=O)CC1. The number of carbonyl (C=O) groups excluding carboxylic acids is 1. The minimum atomic E-state index is -0.0757. The van der Waals surface area contributed by atoms with Crippen LogP contribution in [0.15, 0.2) is 59.9 Å². The predicted octanol–water partition coefficient (Wildman–Crippen LogP) is 2.13. The topological polar surface area (TPSA) is 110 Å². The highest BCUT2D eigenvalue weighted by Crippen LogP contribution is 2.21. The van der Waals surface area contributed by atoms with Gasteiger partial charge in [0.2, 0.25) is 0 Å². The Morgan fingerprint density at radius 1 is 1.10 bits per heavy atom. The van der Waals surface area contributed by atoms with E-state index in [9.17, 15) is 9.59 Å². The first kappa shape index (κ1) is 19.1. The van der Waals surface area contributed by atoms with Gasteiger partial charge in [0.1, 0.15) is 11.0 Å². The number of H-pyrrole nitrogens is 1. The van der Waals surface area contributed by atoms with E-state index in [1.165, 1.54) is 0 Å². The van der Waals surface area contributed by atoms with E-state index in [0.717, 1.165) is 23.9 Å². The molecule has 3 aromatic heterocycles. The van der Waals surface area contributed by atoms with Crippen LogP contribution < -0.4 is 5.56 Å². The lowest BCUT2D eigenvalue weighted by Crippen LogP contribution is -2.40. The monoisotopic (exact) mass is 415 g/mol. The summed E-state index contributed by atoms with van der Waals surface area (Å²) in [4.78, 5) is 35.8. The van der Waals surface area contributed by atoms with Gasteiger partial charge in [-0.2, -0.15) is 15.4 Å². The van der Waals surface area contributed by atoms with Crippen LogP contribution in [0.1, 0.15) is 23.2 Å². The summed E-state index contributed by atoms with van der Waals surface area (Å²) in [5.74, 6) is 0.328. The van der Waals surface area contributed by atoms with E-state index in [2.05, 4.69) is 25.4 Å². The Morgan fingerprint density at radius 3 is 2.71 bits per heavy atom. The van der Waals surface area contributed by atoms with Gasteiger partial charge >= 0.3 is 0 Å². The number of amides is 1. The number of benzene rings is 1. The number of fused-ring (bicyclic) bond motifs is 1. The maximum Gasteiger partial charge on any atom is 0.253 e. The Kier molecular flexibility index (Phi) is 4.99. The molecule has 1 aliphatic rings. The van der Waals surface area contributed by atoms with Gasteiger partial charge in [-0.05, 0) is 49.1 Å². The number of nitrogens with zero attached hydrogens (tertiary/aromatic N) is 6. The highest BCUT2D eigenvalue weighted by molar-refractivity contribution is 5.97. The molecule has 1 fully saturated rings. The Morgan fingerprint density at radius 2 is 1.94 bits per heavy atom. The van der Waals surface area contributed by atoms with Gasteiger partial charge in [0.25, 0.3) is 11.5 Å². The smallest absolute Gasteiger partial charge is 0.253 e. The Bertz CT molecular complexity index is 1270. The predicted molar refractivity (Wildman–Crippen MR) is 114 cm³/mol. The fraction of sp³-hybridized carbons (Fsp3) is 0.273. The summed E-state index contributed by atoms with van der Waals surface area (Å²) in [6.45, 7) is 1.93. The second-order valence-electron chi connectivity index (χ2n) is 7.77. The maximum atomic E-state index is 12.9. The van der Waals surface area contributed by atoms with Gasteiger partial charge in [-0.15, -0.1) is 0 Å². The van der Waals surface area contributed by atoms with Crippen molar-refractivity contribution in [2.75, 3.05) is 13.1 Å². The molecular weight excluding hydrogens is 394 g/mol. The number of aromatic nitrogens is 6. The zero-order valence-corrected chi connectivity index (χ0v) is 16.8. The van der Waals surface area contributed by atoms with Crippen molar-refractivity contribution in [2.45, 2.75) is 19.4 Å². The van der Waals surface area contributed by atoms with E-state index in [1.807, 2.05) is 17.0 Å². The zero-order chi connectivity index (χ0) is 21.2. The minimum absolute atomic E-state index is 0.00278. The average molecular weight is 415 g/mol. The van der Waals surface area contributed by atoms with Crippen LogP contribution in [0.25, 0.3) is 22.3 Å². The highest BCUT2D eigenvalue weighted by Gasteiger charge is 2.24. The second kappa shape index (κ2) is 8.10. The van der Waals surface area contributed by atoms with Gasteiger partial charge in [0, 0.05) is 49.2 Å². The van der Waals surface area contributed by atoms with Crippen molar-refractivity contribution in [2.24, 2.45) is 5.92 Å². The quantitative estimate of drug-likeness (QED) is 0.547. The number of pyridine rings is 1. The van der Waals surface area contributed by atoms with Gasteiger partial charge in [-0.3, -0.25) is 19.1 Å². The molecule has 0 unspecified atom stereocenters. The van der Waals surface area contributed by atoms with E-state index < -0.39 is 0 Å². The van der Waals surface area contributed by atoms with E-state index >= 15 is 0 Å². The van der Waals surface area contributed by atoms with Crippen LogP contribution in [0.2, 0.25) is 0 Å². The molecule has 0 aliphatic carbocycles. The zero-order valence-electron chi connectivity index (χ0n) is 16.8. The summed E-state index contributed by atoms with van der Waals surface area (Å²) < 4.78 is 1.65. The lowest BCUT2D eigenvalue weighted by Gasteiger charge is -2.32. The number of rotatable bonds is 4. The first-order valence-electron chi connectivity index (χ1n) is 10.2. The van der Waals surface area contributed by atoms with Gasteiger partial charge in [0.15, 0.2) is 0 Å². The van der Waals surface area contributed by atoms with Crippen LogP contribution in [-0.2, 0) is 6.54 Å². The van der Waals surface area contributed by atoms with Gasteiger partial charge in [-0.1, -0.05) is 0 Å². The van der Waals surface area contributed by atoms with Crippen molar-refractivity contribution in [3.8, 4) is 11.3 Å². The van der Waals surface area contributed by atoms with Crippen molar-refractivity contribution >= 4 is 16.9 Å². The lowest BCUT2D eigenvalue weighted by atomic mass is 9.96. The van der Waals surface area contributed by atoms with Crippen LogP contribution >= 0.6 is 0 Å². The van der Waals surface area contributed by atoms with E-state index in [-0.39, 0.29) is 11.5 Å². The lowest BCUT2D eigenvalue weighted by molar-refractivity contribution is 0.0682. The number of nitrogens with one attached hydrogen (secondary N) is 1. The molecule has 0 spiro atoms. The first-order chi connectivity index (χ1) is 15.2. The molecule has 1 N–H and O–H groups in total. The number of aromatic amines is 1. The number of likely N-dealkylation sites (tertiary alicyclic amines) is 1. The number of carbonyl (C=O) groups is 1. The summed E-state index contributed by atoms with van der Waals surface area (Å²) >= 11 is 0. The third-order valence-electron chi connectivity index (χ3n) is 5.76. The second-order valence-corrected chi connectivity index (χ2v) is 7.77. The average Bonchev–Trinajstić information content (AvgIpc) is 3.29. The summed E-state index contributed by atoms with van der Waals surface area (Å²) in [6.07, 6.45) is 6.67. The maximum absolute atomic E-state index is 12.9. The van der Waals surface area contributed by atoms with Gasteiger partial charge in [0.05, 0.1) is 12.0 Å². The standard InChI is InChI=1S/C22H21N7O2/c30-21-11-19(17-2-1-7-23-12-17)24-14-29(21)13-15-5-8-28(9-6-15)22(31)16-3-4-18-20(10-16)26-27-25-18/h1-4,7,10-12,14-15H,5-6,8-9,13H2,(H,25,26,27). The molecule has 9 nitrogen and oxygen atoms in total. The van der Waals surface area contributed by atoms with Crippen LogP contribution in [0.3, 0.4) is 0 Å². The molecule has 4 heterocycles. The third kappa shape index (κ3) is 3.94. The van der Waals surface area contributed by atoms with Crippen LogP contribution in [0.5, 0.6) is 0 Å². The van der Waals surface area contributed by atoms with Gasteiger partial charge in [-0.25, -0.2) is 4.98 Å².